The smallest absolute Gasteiger partial charge is 0.293 e. The molecule has 0 fully saturated rings. The molecule has 0 bridgehead atoms. The summed E-state index contributed by atoms with van der Waals surface area (Å²) in [5.41, 5.74) is 3.45. The number of ketones is 1. The van der Waals surface area contributed by atoms with Crippen molar-refractivity contribution < 1.29 is 14.1 Å². The maximum absolute atomic E-state index is 13.4. The highest BCUT2D eigenvalue weighted by Gasteiger charge is 2.31. The Labute approximate surface area is 188 Å². The number of benzene rings is 2. The van der Waals surface area contributed by atoms with E-state index in [0.717, 1.165) is 23.6 Å². The lowest BCUT2D eigenvalue weighted by Gasteiger charge is -2.27. The van der Waals surface area contributed by atoms with Gasteiger partial charge in [-0.05, 0) is 34.1 Å². The average molecular weight is 435 g/mol. The quantitative estimate of drug-likeness (QED) is 0.595. The van der Waals surface area contributed by atoms with Gasteiger partial charge in [-0.1, -0.05) is 76.2 Å². The van der Waals surface area contributed by atoms with Crippen LogP contribution in [0, 0.1) is 0 Å². The zero-order valence-electron chi connectivity index (χ0n) is 19.3. The average Bonchev–Trinajstić information content (AvgIpc) is 3.19. The van der Waals surface area contributed by atoms with Crippen molar-refractivity contribution in [3.05, 3.63) is 93.0 Å². The van der Waals surface area contributed by atoms with Crippen LogP contribution in [0.3, 0.4) is 0 Å². The second kappa shape index (κ2) is 9.39. The predicted octanol–water partition coefficient (Wildman–Crippen LogP) is 4.45. The van der Waals surface area contributed by atoms with Gasteiger partial charge in [0.1, 0.15) is 6.04 Å². The van der Waals surface area contributed by atoms with E-state index in [1.807, 2.05) is 48.5 Å². The van der Waals surface area contributed by atoms with Crippen LogP contribution < -0.4 is 5.56 Å². The minimum Gasteiger partial charge on any atom is -0.373 e. The Balaban J connectivity index is 1.91. The third kappa shape index (κ3) is 5.25. The number of rotatable bonds is 7. The SMILES string of the molecule is CCc1ccc(C(C(=O)Cc2ccc(C(C)(C)C)cc2)N(C)C(=O)c2cc(=O)[nH]o2)cc1. The minimum atomic E-state index is -0.809. The molecule has 1 N–H and O–H groups in total. The van der Waals surface area contributed by atoms with Gasteiger partial charge in [-0.3, -0.25) is 14.4 Å². The maximum Gasteiger partial charge on any atom is 0.293 e. The number of H-pyrrole nitrogens is 1. The number of carbonyl (C=O) groups excluding carboxylic acids is 2. The second-order valence-electron chi connectivity index (χ2n) is 9.08. The number of nitrogens with one attached hydrogen (secondary N) is 1. The van der Waals surface area contributed by atoms with Crippen LogP contribution in [0.15, 0.2) is 63.9 Å². The van der Waals surface area contributed by atoms with Crippen molar-refractivity contribution in [1.29, 1.82) is 0 Å². The van der Waals surface area contributed by atoms with E-state index in [4.69, 9.17) is 4.52 Å². The molecule has 168 valence electrons. The molecular weight excluding hydrogens is 404 g/mol. The van der Waals surface area contributed by atoms with E-state index in [1.165, 1.54) is 10.5 Å². The number of amides is 1. The molecule has 0 saturated heterocycles. The molecule has 0 aliphatic carbocycles. The van der Waals surface area contributed by atoms with Crippen LogP contribution in [0.25, 0.3) is 0 Å². The lowest BCUT2D eigenvalue weighted by molar-refractivity contribution is -0.122. The third-order valence-electron chi connectivity index (χ3n) is 5.65. The zero-order chi connectivity index (χ0) is 23.5. The van der Waals surface area contributed by atoms with Crippen LogP contribution in [0.4, 0.5) is 0 Å². The van der Waals surface area contributed by atoms with Gasteiger partial charge >= 0.3 is 0 Å². The molecular formula is C26H30N2O4. The van der Waals surface area contributed by atoms with Gasteiger partial charge in [0.25, 0.3) is 11.5 Å². The number of likely N-dealkylation sites (N-methyl/N-ethyl adjacent to an activating group) is 1. The van der Waals surface area contributed by atoms with Gasteiger partial charge in [0, 0.05) is 13.5 Å². The van der Waals surface area contributed by atoms with Crippen LogP contribution in [-0.2, 0) is 23.1 Å². The molecule has 1 aromatic heterocycles. The van der Waals surface area contributed by atoms with Gasteiger partial charge in [-0.2, -0.15) is 5.16 Å². The van der Waals surface area contributed by atoms with Gasteiger partial charge in [0.15, 0.2) is 5.78 Å². The van der Waals surface area contributed by atoms with E-state index < -0.39 is 17.5 Å². The van der Waals surface area contributed by atoms with E-state index in [0.29, 0.717) is 5.56 Å². The molecule has 6 heteroatoms. The molecule has 0 radical (unpaired) electrons. The Morgan fingerprint density at radius 2 is 1.59 bits per heavy atom. The molecule has 0 saturated carbocycles. The molecule has 6 nitrogen and oxygen atoms in total. The van der Waals surface area contributed by atoms with Gasteiger partial charge in [-0.25, -0.2) is 0 Å². The first-order valence-corrected chi connectivity index (χ1v) is 10.8. The summed E-state index contributed by atoms with van der Waals surface area (Å²) in [4.78, 5) is 39.1. The first-order chi connectivity index (χ1) is 15.1. The van der Waals surface area contributed by atoms with Crippen molar-refractivity contribution in [2.75, 3.05) is 7.05 Å². The van der Waals surface area contributed by atoms with Gasteiger partial charge in [-0.15, -0.1) is 0 Å². The number of carbonyl (C=O) groups is 2. The van der Waals surface area contributed by atoms with Gasteiger partial charge in [0.2, 0.25) is 5.76 Å². The molecule has 1 unspecified atom stereocenters. The summed E-state index contributed by atoms with van der Waals surface area (Å²) in [5, 5.41) is 2.12. The van der Waals surface area contributed by atoms with Crippen molar-refractivity contribution in [3.8, 4) is 0 Å². The highest BCUT2D eigenvalue weighted by atomic mass is 16.5. The van der Waals surface area contributed by atoms with Crippen molar-refractivity contribution in [3.63, 3.8) is 0 Å². The Morgan fingerprint density at radius 1 is 1.00 bits per heavy atom. The summed E-state index contributed by atoms with van der Waals surface area (Å²) >= 11 is 0. The number of Topliss-reactive ketones (excluding diaryl/α,β-unsaturated/α-hetero) is 1. The van der Waals surface area contributed by atoms with Crippen molar-refractivity contribution >= 4 is 11.7 Å². The second-order valence-corrected chi connectivity index (χ2v) is 9.08. The van der Waals surface area contributed by atoms with Crippen LogP contribution in [0.5, 0.6) is 0 Å². The summed E-state index contributed by atoms with van der Waals surface area (Å²) in [6, 6.07) is 16.0. The van der Waals surface area contributed by atoms with Gasteiger partial charge in [0.05, 0.1) is 6.07 Å². The lowest BCUT2D eigenvalue weighted by Crippen LogP contribution is -2.36. The molecule has 1 atom stereocenters. The minimum absolute atomic E-state index is 0.0270. The summed E-state index contributed by atoms with van der Waals surface area (Å²) in [6.45, 7) is 8.48. The Morgan fingerprint density at radius 3 is 2.09 bits per heavy atom. The van der Waals surface area contributed by atoms with Crippen molar-refractivity contribution in [1.82, 2.24) is 10.1 Å². The molecule has 1 heterocycles. The first-order valence-electron chi connectivity index (χ1n) is 10.8. The molecule has 0 spiro atoms. The van der Waals surface area contributed by atoms with Crippen LogP contribution in [0.2, 0.25) is 0 Å². The highest BCUT2D eigenvalue weighted by molar-refractivity contribution is 5.96. The van der Waals surface area contributed by atoms with Crippen LogP contribution in [0.1, 0.15) is 66.5 Å². The Bertz CT molecular complexity index is 1130. The molecule has 3 aromatic rings. The number of aryl methyl sites for hydroxylation is 1. The third-order valence-corrected chi connectivity index (χ3v) is 5.65. The number of hydrogen-bond acceptors (Lipinski definition) is 4. The molecule has 1 amide bonds. The fourth-order valence-corrected chi connectivity index (χ4v) is 3.66. The normalized spacial score (nSPS) is 12.4. The van der Waals surface area contributed by atoms with Crippen molar-refractivity contribution in [2.45, 2.75) is 52.0 Å². The number of aromatic nitrogens is 1. The van der Waals surface area contributed by atoms with Crippen LogP contribution >= 0.6 is 0 Å². The number of aromatic amines is 1. The fourth-order valence-electron chi connectivity index (χ4n) is 3.66. The Hall–Kier alpha value is -3.41. The van der Waals surface area contributed by atoms with Crippen molar-refractivity contribution in [2.24, 2.45) is 0 Å². The summed E-state index contributed by atoms with van der Waals surface area (Å²) in [6.07, 6.45) is 1.06. The monoisotopic (exact) mass is 434 g/mol. The molecule has 2 aromatic carbocycles. The van der Waals surface area contributed by atoms with Crippen LogP contribution in [-0.4, -0.2) is 28.8 Å². The standard InChI is InChI=1S/C26H30N2O4/c1-6-17-7-11-19(12-8-17)24(28(5)25(31)22-16-23(30)27-32-22)21(29)15-18-9-13-20(14-10-18)26(2,3)4/h7-14,16,24H,6,15H2,1-5H3,(H,27,30). The zero-order valence-corrected chi connectivity index (χ0v) is 19.3. The molecule has 0 aliphatic rings. The summed E-state index contributed by atoms with van der Waals surface area (Å²) in [5.74, 6) is -0.786. The summed E-state index contributed by atoms with van der Waals surface area (Å²) in [7, 11) is 1.55. The molecule has 0 aliphatic heterocycles. The Kier molecular flexibility index (Phi) is 6.82. The van der Waals surface area contributed by atoms with E-state index >= 15 is 0 Å². The topological polar surface area (TPSA) is 83.4 Å². The molecule has 32 heavy (non-hydrogen) atoms. The molecule has 3 rings (SSSR count). The van der Waals surface area contributed by atoms with Gasteiger partial charge < -0.3 is 9.42 Å². The number of nitrogens with zero attached hydrogens (tertiary/aromatic N) is 1. The first kappa shape index (κ1) is 23.3. The number of hydrogen-bond donors (Lipinski definition) is 1. The lowest BCUT2D eigenvalue weighted by atomic mass is 9.86. The summed E-state index contributed by atoms with van der Waals surface area (Å²) < 4.78 is 4.97. The van der Waals surface area contributed by atoms with E-state index in [-0.39, 0.29) is 23.4 Å². The predicted molar refractivity (Wildman–Crippen MR) is 124 cm³/mol. The van der Waals surface area contributed by atoms with E-state index in [9.17, 15) is 14.4 Å². The van der Waals surface area contributed by atoms with E-state index in [2.05, 4.69) is 32.9 Å². The highest BCUT2D eigenvalue weighted by Crippen LogP contribution is 2.26. The fraction of sp³-hybridized carbons (Fsp3) is 0.346. The maximum atomic E-state index is 13.4. The largest absolute Gasteiger partial charge is 0.373 e. The van der Waals surface area contributed by atoms with E-state index in [1.54, 1.807) is 7.05 Å².